The van der Waals surface area contributed by atoms with Crippen molar-refractivity contribution in [1.29, 1.82) is 0 Å². The van der Waals surface area contributed by atoms with E-state index in [-0.39, 0.29) is 18.5 Å². The quantitative estimate of drug-likeness (QED) is 0.0320. The van der Waals surface area contributed by atoms with Crippen molar-refractivity contribution in [2.75, 3.05) is 13.2 Å². The fraction of sp³-hybridized carbons (Fsp3) is 0.927. The standard InChI is InChI=1S/C82H159NO5/c1-3-5-7-9-11-13-15-17-19-20-21-41-44-47-50-54-58-62-66-70-74-80(85)79(78-84)83-81(86)75-71-67-63-59-55-51-48-45-42-39-37-35-33-31-29-27-25-23-22-24-26-28-30-32-34-36-38-40-43-46-49-53-57-61-65-69-73-77-88-82(87)76-72-68-64-60-56-52-18-16-14-12-10-8-6-4-2/h16,18,22,24,79-80,84-85H,3-15,17,19-21,23,25-78H2,1-2H3,(H,83,86)/b18-16-,24-22-. The number of esters is 1. The van der Waals surface area contributed by atoms with E-state index in [4.69, 9.17) is 4.74 Å². The highest BCUT2D eigenvalue weighted by Gasteiger charge is 2.20. The maximum atomic E-state index is 12.6. The first-order chi connectivity index (χ1) is 43.5. The van der Waals surface area contributed by atoms with Crippen molar-refractivity contribution >= 4 is 11.9 Å². The maximum Gasteiger partial charge on any atom is 0.305 e. The molecule has 6 heteroatoms. The van der Waals surface area contributed by atoms with Gasteiger partial charge in [0.1, 0.15) is 0 Å². The Labute approximate surface area is 551 Å². The average Bonchev–Trinajstić information content (AvgIpc) is 3.58. The third-order valence-corrected chi connectivity index (χ3v) is 19.2. The van der Waals surface area contributed by atoms with E-state index in [9.17, 15) is 19.8 Å². The minimum Gasteiger partial charge on any atom is -0.466 e. The summed E-state index contributed by atoms with van der Waals surface area (Å²) in [6.45, 7) is 4.99. The Morgan fingerprint density at radius 1 is 0.307 bits per heavy atom. The fourth-order valence-electron chi connectivity index (χ4n) is 13.0. The molecule has 0 aromatic heterocycles. The van der Waals surface area contributed by atoms with Gasteiger partial charge >= 0.3 is 5.97 Å². The molecule has 0 fully saturated rings. The van der Waals surface area contributed by atoms with Gasteiger partial charge in [-0.05, 0) is 77.0 Å². The molecule has 0 saturated heterocycles. The number of nitrogens with one attached hydrogen (secondary N) is 1. The van der Waals surface area contributed by atoms with E-state index < -0.39 is 12.1 Å². The van der Waals surface area contributed by atoms with Gasteiger partial charge in [-0.3, -0.25) is 9.59 Å². The third-order valence-electron chi connectivity index (χ3n) is 19.2. The first-order valence-electron chi connectivity index (χ1n) is 40.6. The minimum absolute atomic E-state index is 0.0138. The Balaban J connectivity index is 3.33. The summed E-state index contributed by atoms with van der Waals surface area (Å²) in [6, 6.07) is -0.539. The van der Waals surface area contributed by atoms with E-state index in [0.717, 1.165) is 44.9 Å². The fourth-order valence-corrected chi connectivity index (χ4v) is 13.0. The second kappa shape index (κ2) is 77.8. The summed E-state index contributed by atoms with van der Waals surface area (Å²) in [7, 11) is 0. The SMILES string of the molecule is CCCCCCC/C=C\CCCCCCCC(=O)OCCCCCCCCCCCCCCCCCC/C=C\CCCCCCCCCCCCCCCCCCCC(=O)NC(CO)C(O)CCCCCCCCCCCCCCCCCCCCCC. The normalized spacial score (nSPS) is 12.5. The summed E-state index contributed by atoms with van der Waals surface area (Å²) in [4.78, 5) is 24.6. The monoisotopic (exact) mass is 1240 g/mol. The lowest BCUT2D eigenvalue weighted by Crippen LogP contribution is -2.45. The first kappa shape index (κ1) is 86.3. The van der Waals surface area contributed by atoms with Gasteiger partial charge in [0.2, 0.25) is 5.91 Å². The molecule has 1 amide bonds. The largest absolute Gasteiger partial charge is 0.466 e. The molecule has 0 aromatic rings. The molecule has 0 radical (unpaired) electrons. The number of amides is 1. The van der Waals surface area contributed by atoms with Gasteiger partial charge in [0.25, 0.3) is 0 Å². The van der Waals surface area contributed by atoms with Crippen LogP contribution >= 0.6 is 0 Å². The molecule has 3 N–H and O–H groups in total. The highest BCUT2D eigenvalue weighted by molar-refractivity contribution is 5.76. The van der Waals surface area contributed by atoms with Crippen LogP contribution < -0.4 is 5.32 Å². The number of aliphatic hydroxyl groups excluding tert-OH is 2. The number of hydrogen-bond acceptors (Lipinski definition) is 5. The third kappa shape index (κ3) is 73.4. The van der Waals surface area contributed by atoms with Gasteiger partial charge in [-0.2, -0.15) is 0 Å². The molecule has 2 unspecified atom stereocenters. The van der Waals surface area contributed by atoms with E-state index in [2.05, 4.69) is 43.5 Å². The molecular weight excluding hydrogens is 1080 g/mol. The molecule has 0 aromatic carbocycles. The van der Waals surface area contributed by atoms with Crippen LogP contribution in [0.5, 0.6) is 0 Å². The molecule has 0 aliphatic rings. The molecule has 522 valence electrons. The van der Waals surface area contributed by atoms with Gasteiger partial charge in [-0.25, -0.2) is 0 Å². The summed E-state index contributed by atoms with van der Waals surface area (Å²) in [5, 5.41) is 23.4. The van der Waals surface area contributed by atoms with Crippen molar-refractivity contribution in [3.8, 4) is 0 Å². The van der Waals surface area contributed by atoms with Crippen LogP contribution in [0.3, 0.4) is 0 Å². The van der Waals surface area contributed by atoms with E-state index >= 15 is 0 Å². The minimum atomic E-state index is -0.662. The molecule has 0 aliphatic carbocycles. The number of allylic oxidation sites excluding steroid dienone is 4. The van der Waals surface area contributed by atoms with Crippen LogP contribution in [0.4, 0.5) is 0 Å². The van der Waals surface area contributed by atoms with Crippen LogP contribution in [0.1, 0.15) is 463 Å². The van der Waals surface area contributed by atoms with Crippen LogP contribution in [0, 0.1) is 0 Å². The Hall–Kier alpha value is -1.66. The highest BCUT2D eigenvalue weighted by Crippen LogP contribution is 2.20. The van der Waals surface area contributed by atoms with Crippen LogP contribution in [-0.2, 0) is 14.3 Å². The van der Waals surface area contributed by atoms with Gasteiger partial charge in [-0.1, -0.05) is 398 Å². The second-order valence-electron chi connectivity index (χ2n) is 28.1. The van der Waals surface area contributed by atoms with E-state index in [1.54, 1.807) is 0 Å². The molecule has 0 rings (SSSR count). The van der Waals surface area contributed by atoms with Crippen LogP contribution in [-0.4, -0.2) is 47.4 Å². The van der Waals surface area contributed by atoms with E-state index in [1.807, 2.05) is 0 Å². The Kier molecular flexibility index (Phi) is 76.3. The Bertz CT molecular complexity index is 1380. The Morgan fingerprint density at radius 3 is 0.807 bits per heavy atom. The number of carbonyl (C=O) groups is 2. The van der Waals surface area contributed by atoms with Crippen molar-refractivity contribution < 1.29 is 24.5 Å². The second-order valence-corrected chi connectivity index (χ2v) is 28.1. The molecule has 0 aliphatic heterocycles. The lowest BCUT2D eigenvalue weighted by molar-refractivity contribution is -0.143. The van der Waals surface area contributed by atoms with Crippen LogP contribution in [0.15, 0.2) is 24.3 Å². The zero-order valence-electron chi connectivity index (χ0n) is 60.0. The average molecular weight is 1240 g/mol. The number of hydrogen-bond donors (Lipinski definition) is 3. The summed E-state index contributed by atoms with van der Waals surface area (Å²) >= 11 is 0. The molecule has 0 spiro atoms. The summed E-state index contributed by atoms with van der Waals surface area (Å²) in [6.07, 6.45) is 100.0. The van der Waals surface area contributed by atoms with Gasteiger partial charge in [0.05, 0.1) is 25.4 Å². The maximum absolute atomic E-state index is 12.6. The zero-order chi connectivity index (χ0) is 63.5. The summed E-state index contributed by atoms with van der Waals surface area (Å²) < 4.78 is 5.49. The molecule has 0 bridgehead atoms. The van der Waals surface area contributed by atoms with Crippen molar-refractivity contribution in [3.63, 3.8) is 0 Å². The predicted molar refractivity (Wildman–Crippen MR) is 389 cm³/mol. The van der Waals surface area contributed by atoms with Crippen molar-refractivity contribution in [2.24, 2.45) is 0 Å². The lowest BCUT2D eigenvalue weighted by Gasteiger charge is -2.22. The van der Waals surface area contributed by atoms with Gasteiger partial charge in [0.15, 0.2) is 0 Å². The van der Waals surface area contributed by atoms with Crippen molar-refractivity contribution in [2.45, 2.75) is 475 Å². The number of aliphatic hydroxyl groups is 2. The highest BCUT2D eigenvalue weighted by atomic mass is 16.5. The van der Waals surface area contributed by atoms with E-state index in [0.29, 0.717) is 25.9 Å². The van der Waals surface area contributed by atoms with Gasteiger partial charge < -0.3 is 20.3 Å². The number of rotatable bonds is 77. The number of unbranched alkanes of at least 4 members (excludes halogenated alkanes) is 62. The first-order valence-corrected chi connectivity index (χ1v) is 40.6. The predicted octanol–water partition coefficient (Wildman–Crippen LogP) is 26.8. The zero-order valence-corrected chi connectivity index (χ0v) is 60.0. The molecule has 88 heavy (non-hydrogen) atoms. The van der Waals surface area contributed by atoms with Gasteiger partial charge in [-0.15, -0.1) is 0 Å². The molecular formula is C82H159NO5. The van der Waals surface area contributed by atoms with Crippen LogP contribution in [0.25, 0.3) is 0 Å². The number of carbonyl (C=O) groups excluding carboxylic acids is 2. The Morgan fingerprint density at radius 2 is 0.534 bits per heavy atom. The topological polar surface area (TPSA) is 95.9 Å². The summed E-state index contributed by atoms with van der Waals surface area (Å²) in [5.74, 6) is -0.0120. The lowest BCUT2D eigenvalue weighted by atomic mass is 10.0. The number of ether oxygens (including phenoxy) is 1. The molecule has 2 atom stereocenters. The molecule has 0 saturated carbocycles. The van der Waals surface area contributed by atoms with Crippen molar-refractivity contribution in [3.05, 3.63) is 24.3 Å². The van der Waals surface area contributed by atoms with Gasteiger partial charge in [0, 0.05) is 12.8 Å². The molecule has 6 nitrogen and oxygen atoms in total. The van der Waals surface area contributed by atoms with Crippen molar-refractivity contribution in [1.82, 2.24) is 5.32 Å². The van der Waals surface area contributed by atoms with E-state index in [1.165, 1.54) is 385 Å². The van der Waals surface area contributed by atoms with Crippen LogP contribution in [0.2, 0.25) is 0 Å². The molecule has 0 heterocycles. The smallest absolute Gasteiger partial charge is 0.305 e. The summed E-state index contributed by atoms with van der Waals surface area (Å²) in [5.41, 5.74) is 0.